The number of carboxylic acid groups (broad SMARTS) is 1. The van der Waals surface area contributed by atoms with Gasteiger partial charge >= 0.3 is 5.97 Å². The van der Waals surface area contributed by atoms with E-state index in [1.54, 1.807) is 0 Å². The molecule has 0 aliphatic rings. The first-order valence-corrected chi connectivity index (χ1v) is 4.03. The molecular formula is C8H4BrFO3. The number of ketones is 1. The molecule has 0 radical (unpaired) electrons. The normalized spacial score (nSPS) is 9.69. The summed E-state index contributed by atoms with van der Waals surface area (Å²) in [6, 6.07) is 3.26. The molecule has 0 spiro atoms. The molecule has 0 saturated heterocycles. The molecule has 0 fully saturated rings. The molecular weight excluding hydrogens is 243 g/mol. The summed E-state index contributed by atoms with van der Waals surface area (Å²) in [5.74, 6) is -3.38. The molecule has 0 heterocycles. The van der Waals surface area contributed by atoms with Crippen molar-refractivity contribution in [2.75, 3.05) is 0 Å². The highest BCUT2D eigenvalue weighted by atomic mass is 79.9. The van der Waals surface area contributed by atoms with E-state index in [1.165, 1.54) is 6.07 Å². The predicted molar refractivity (Wildman–Crippen MR) is 46.1 cm³/mol. The van der Waals surface area contributed by atoms with E-state index >= 15 is 0 Å². The van der Waals surface area contributed by atoms with Crippen molar-refractivity contribution in [3.63, 3.8) is 0 Å². The van der Waals surface area contributed by atoms with Gasteiger partial charge in [-0.3, -0.25) is 4.79 Å². The molecule has 1 N–H and O–H groups in total. The third-order valence-corrected chi connectivity index (χ3v) is 1.78. The third-order valence-electron chi connectivity index (χ3n) is 1.32. The minimum Gasteiger partial charge on any atom is -0.475 e. The lowest BCUT2D eigenvalue weighted by atomic mass is 10.1. The standard InChI is InChI=1S/C8H4BrFO3/c9-5-1-4(2-6(10)3-5)7(11)8(12)13/h1-3H,(H,12,13). The lowest BCUT2D eigenvalue weighted by Gasteiger charge is -1.97. The molecule has 1 aromatic rings. The molecule has 0 saturated carbocycles. The van der Waals surface area contributed by atoms with Gasteiger partial charge in [0.25, 0.3) is 5.78 Å². The third kappa shape index (κ3) is 2.35. The van der Waals surface area contributed by atoms with Gasteiger partial charge in [0.1, 0.15) is 5.82 Å². The van der Waals surface area contributed by atoms with Crippen LogP contribution in [0.15, 0.2) is 22.7 Å². The van der Waals surface area contributed by atoms with Gasteiger partial charge in [-0.15, -0.1) is 0 Å². The fraction of sp³-hybridized carbons (Fsp3) is 0. The number of carbonyl (C=O) groups is 2. The van der Waals surface area contributed by atoms with Crippen molar-refractivity contribution in [3.05, 3.63) is 34.1 Å². The number of Topliss-reactive ketones (excluding diaryl/α,β-unsaturated/α-hetero) is 1. The lowest BCUT2D eigenvalue weighted by Crippen LogP contribution is -2.12. The van der Waals surface area contributed by atoms with Gasteiger partial charge in [-0.05, 0) is 18.2 Å². The van der Waals surface area contributed by atoms with E-state index in [1.807, 2.05) is 0 Å². The molecule has 0 unspecified atom stereocenters. The van der Waals surface area contributed by atoms with Crippen LogP contribution in [0.25, 0.3) is 0 Å². The Morgan fingerprint density at radius 2 is 1.92 bits per heavy atom. The van der Waals surface area contributed by atoms with Gasteiger partial charge in [0.15, 0.2) is 0 Å². The number of hydrogen-bond donors (Lipinski definition) is 1. The Hall–Kier alpha value is -1.23. The van der Waals surface area contributed by atoms with Crippen LogP contribution in [0, 0.1) is 5.82 Å². The van der Waals surface area contributed by atoms with E-state index in [0.717, 1.165) is 12.1 Å². The van der Waals surface area contributed by atoms with Crippen LogP contribution >= 0.6 is 15.9 Å². The van der Waals surface area contributed by atoms with Crippen molar-refractivity contribution in [2.24, 2.45) is 0 Å². The topological polar surface area (TPSA) is 54.4 Å². The van der Waals surface area contributed by atoms with Gasteiger partial charge in [-0.25, -0.2) is 9.18 Å². The number of carbonyl (C=O) groups excluding carboxylic acids is 1. The van der Waals surface area contributed by atoms with Crippen LogP contribution in [0.1, 0.15) is 10.4 Å². The highest BCUT2D eigenvalue weighted by Crippen LogP contribution is 2.15. The van der Waals surface area contributed by atoms with E-state index in [2.05, 4.69) is 15.9 Å². The van der Waals surface area contributed by atoms with Crippen molar-refractivity contribution < 1.29 is 19.1 Å². The first-order chi connectivity index (χ1) is 6.00. The average Bonchev–Trinajstić information content (AvgIpc) is 2.01. The summed E-state index contributed by atoms with van der Waals surface area (Å²) in [7, 11) is 0. The zero-order chi connectivity index (χ0) is 10.0. The number of hydrogen-bond acceptors (Lipinski definition) is 2. The molecule has 13 heavy (non-hydrogen) atoms. The summed E-state index contributed by atoms with van der Waals surface area (Å²) in [6.07, 6.45) is 0. The van der Waals surface area contributed by atoms with E-state index in [0.29, 0.717) is 4.47 Å². The largest absolute Gasteiger partial charge is 0.475 e. The minimum absolute atomic E-state index is 0.181. The van der Waals surface area contributed by atoms with Gasteiger partial charge in [0.05, 0.1) is 0 Å². The molecule has 3 nitrogen and oxygen atoms in total. The first kappa shape index (κ1) is 9.85. The number of aliphatic carboxylic acids is 1. The first-order valence-electron chi connectivity index (χ1n) is 3.24. The number of benzene rings is 1. The fourth-order valence-electron chi connectivity index (χ4n) is 0.808. The highest BCUT2D eigenvalue weighted by molar-refractivity contribution is 9.10. The summed E-state index contributed by atoms with van der Waals surface area (Å²) in [5, 5.41) is 8.33. The van der Waals surface area contributed by atoms with Crippen LogP contribution in [-0.2, 0) is 4.79 Å². The Kier molecular flexibility index (Phi) is 2.77. The molecule has 0 amide bonds. The number of halogens is 2. The van der Waals surface area contributed by atoms with Crippen molar-refractivity contribution >= 4 is 27.7 Å². The summed E-state index contributed by atoms with van der Waals surface area (Å²) in [6.45, 7) is 0. The molecule has 0 aliphatic carbocycles. The van der Waals surface area contributed by atoms with E-state index < -0.39 is 17.6 Å². The quantitative estimate of drug-likeness (QED) is 0.640. The van der Waals surface area contributed by atoms with Crippen LogP contribution in [0.5, 0.6) is 0 Å². The molecule has 1 rings (SSSR count). The van der Waals surface area contributed by atoms with Gasteiger partial charge in [0, 0.05) is 10.0 Å². The summed E-state index contributed by atoms with van der Waals surface area (Å²) < 4.78 is 13.0. The second kappa shape index (κ2) is 3.66. The molecule has 0 atom stereocenters. The van der Waals surface area contributed by atoms with Gasteiger partial charge in [0.2, 0.25) is 0 Å². The molecule has 1 aromatic carbocycles. The fourth-order valence-corrected chi connectivity index (χ4v) is 1.27. The van der Waals surface area contributed by atoms with Crippen molar-refractivity contribution in [2.45, 2.75) is 0 Å². The van der Waals surface area contributed by atoms with Crippen molar-refractivity contribution in [1.82, 2.24) is 0 Å². The molecule has 0 bridgehead atoms. The number of rotatable bonds is 2. The zero-order valence-corrected chi connectivity index (χ0v) is 7.84. The van der Waals surface area contributed by atoms with Crippen LogP contribution in [0.4, 0.5) is 4.39 Å². The highest BCUT2D eigenvalue weighted by Gasteiger charge is 2.15. The summed E-state index contributed by atoms with van der Waals surface area (Å²) in [5.41, 5.74) is -0.181. The van der Waals surface area contributed by atoms with Gasteiger partial charge in [-0.1, -0.05) is 15.9 Å². The van der Waals surface area contributed by atoms with E-state index in [-0.39, 0.29) is 5.56 Å². The van der Waals surface area contributed by atoms with Gasteiger partial charge < -0.3 is 5.11 Å². The van der Waals surface area contributed by atoms with Crippen LogP contribution < -0.4 is 0 Å². The lowest BCUT2D eigenvalue weighted by molar-refractivity contribution is -0.131. The molecule has 0 aliphatic heterocycles. The number of carboxylic acids is 1. The Labute approximate surface area is 81.3 Å². The molecule has 68 valence electrons. The predicted octanol–water partition coefficient (Wildman–Crippen LogP) is 1.86. The minimum atomic E-state index is -1.60. The van der Waals surface area contributed by atoms with Crippen LogP contribution in [-0.4, -0.2) is 16.9 Å². The molecule has 0 aromatic heterocycles. The van der Waals surface area contributed by atoms with Crippen LogP contribution in [0.3, 0.4) is 0 Å². The Morgan fingerprint density at radius 3 is 2.38 bits per heavy atom. The Balaban J connectivity index is 3.15. The Morgan fingerprint density at radius 1 is 1.31 bits per heavy atom. The van der Waals surface area contributed by atoms with E-state index in [4.69, 9.17) is 5.11 Å². The van der Waals surface area contributed by atoms with Crippen molar-refractivity contribution in [1.29, 1.82) is 0 Å². The second-order valence-electron chi connectivity index (χ2n) is 2.29. The average molecular weight is 247 g/mol. The monoisotopic (exact) mass is 246 g/mol. The summed E-state index contributed by atoms with van der Waals surface area (Å²) >= 11 is 2.95. The van der Waals surface area contributed by atoms with Crippen LogP contribution in [0.2, 0.25) is 0 Å². The maximum absolute atomic E-state index is 12.7. The zero-order valence-electron chi connectivity index (χ0n) is 6.25. The maximum Gasteiger partial charge on any atom is 0.377 e. The van der Waals surface area contributed by atoms with Crippen molar-refractivity contribution in [3.8, 4) is 0 Å². The smallest absolute Gasteiger partial charge is 0.377 e. The second-order valence-corrected chi connectivity index (χ2v) is 3.21. The molecule has 5 heteroatoms. The maximum atomic E-state index is 12.7. The van der Waals surface area contributed by atoms with Gasteiger partial charge in [-0.2, -0.15) is 0 Å². The SMILES string of the molecule is O=C(O)C(=O)c1cc(F)cc(Br)c1. The summed E-state index contributed by atoms with van der Waals surface area (Å²) in [4.78, 5) is 21.1. The Bertz CT molecular complexity index is 355. The van der Waals surface area contributed by atoms with E-state index in [9.17, 15) is 14.0 Å².